The molecule has 1 aromatic carbocycles. The highest BCUT2D eigenvalue weighted by Gasteiger charge is 2.28. The lowest BCUT2D eigenvalue weighted by Crippen LogP contribution is -2.45. The van der Waals surface area contributed by atoms with Gasteiger partial charge < -0.3 is 10.6 Å². The SMILES string of the molecule is I.O=S1(=O)CCC(CNC(=NCc2ccc(Cl)cc2)NC2CCCCC2)C1. The summed E-state index contributed by atoms with van der Waals surface area (Å²) in [5, 5.41) is 7.64. The van der Waals surface area contributed by atoms with Crippen LogP contribution in [0.2, 0.25) is 5.02 Å². The summed E-state index contributed by atoms with van der Waals surface area (Å²) >= 11 is 5.94. The van der Waals surface area contributed by atoms with Crippen LogP contribution in [-0.4, -0.2) is 38.5 Å². The second-order valence-corrected chi connectivity index (χ2v) is 10.1. The average Bonchev–Trinajstić information content (AvgIpc) is 2.98. The Hall–Kier alpha value is -0.540. The molecule has 1 atom stereocenters. The molecule has 2 aliphatic rings. The number of rotatable bonds is 5. The Kier molecular flexibility index (Phi) is 9.14. The molecule has 0 amide bonds. The van der Waals surface area contributed by atoms with Crippen molar-refractivity contribution in [2.75, 3.05) is 18.1 Å². The van der Waals surface area contributed by atoms with Gasteiger partial charge in [0.2, 0.25) is 0 Å². The third-order valence-electron chi connectivity index (χ3n) is 5.16. The molecule has 5 nitrogen and oxygen atoms in total. The van der Waals surface area contributed by atoms with Crippen LogP contribution in [-0.2, 0) is 16.4 Å². The first-order valence-corrected chi connectivity index (χ1v) is 11.7. The molecule has 3 rings (SSSR count). The van der Waals surface area contributed by atoms with Crippen LogP contribution in [0.4, 0.5) is 0 Å². The lowest BCUT2D eigenvalue weighted by Gasteiger charge is -2.25. The van der Waals surface area contributed by atoms with Crippen molar-refractivity contribution in [1.82, 2.24) is 10.6 Å². The molecule has 1 saturated heterocycles. The molecule has 1 saturated carbocycles. The quantitative estimate of drug-likeness (QED) is 0.349. The van der Waals surface area contributed by atoms with E-state index >= 15 is 0 Å². The van der Waals surface area contributed by atoms with E-state index < -0.39 is 9.84 Å². The summed E-state index contributed by atoms with van der Waals surface area (Å²) in [4.78, 5) is 4.72. The van der Waals surface area contributed by atoms with Crippen LogP contribution in [0, 0.1) is 5.92 Å². The van der Waals surface area contributed by atoms with Crippen molar-refractivity contribution in [3.63, 3.8) is 0 Å². The molecule has 0 spiro atoms. The molecule has 1 aromatic rings. The Morgan fingerprint density at radius 1 is 1.11 bits per heavy atom. The fourth-order valence-corrected chi connectivity index (χ4v) is 5.61. The van der Waals surface area contributed by atoms with Gasteiger partial charge in [-0.1, -0.05) is 43.0 Å². The van der Waals surface area contributed by atoms with Gasteiger partial charge in [-0.3, -0.25) is 0 Å². The molecule has 1 heterocycles. The number of sulfone groups is 1. The van der Waals surface area contributed by atoms with Gasteiger partial charge in [0.25, 0.3) is 0 Å². The van der Waals surface area contributed by atoms with Crippen molar-refractivity contribution in [3.8, 4) is 0 Å². The summed E-state index contributed by atoms with van der Waals surface area (Å²) in [5.41, 5.74) is 1.10. The van der Waals surface area contributed by atoms with Gasteiger partial charge in [-0.2, -0.15) is 0 Å². The fraction of sp³-hybridized carbons (Fsp3) is 0.632. The van der Waals surface area contributed by atoms with Crippen LogP contribution in [0.15, 0.2) is 29.3 Å². The number of hydrogen-bond donors (Lipinski definition) is 2. The number of nitrogens with one attached hydrogen (secondary N) is 2. The number of nitrogens with zero attached hydrogens (tertiary/aromatic N) is 1. The van der Waals surface area contributed by atoms with Gasteiger partial charge in [0.15, 0.2) is 15.8 Å². The normalized spacial score (nSPS) is 22.9. The van der Waals surface area contributed by atoms with Crippen LogP contribution in [0.1, 0.15) is 44.1 Å². The Balaban J connectivity index is 0.00000261. The minimum Gasteiger partial charge on any atom is -0.356 e. The molecular formula is C19H29ClIN3O2S. The third-order valence-corrected chi connectivity index (χ3v) is 7.25. The number of halogens is 2. The van der Waals surface area contributed by atoms with Gasteiger partial charge in [0, 0.05) is 17.6 Å². The Labute approximate surface area is 184 Å². The van der Waals surface area contributed by atoms with E-state index in [1.807, 2.05) is 24.3 Å². The number of benzene rings is 1. The molecule has 0 aromatic heterocycles. The van der Waals surface area contributed by atoms with E-state index in [0.717, 1.165) is 23.0 Å². The monoisotopic (exact) mass is 525 g/mol. The molecule has 1 aliphatic heterocycles. The fourth-order valence-electron chi connectivity index (χ4n) is 3.63. The number of guanidine groups is 1. The van der Waals surface area contributed by atoms with Crippen LogP contribution in [0.25, 0.3) is 0 Å². The average molecular weight is 526 g/mol. The minimum absolute atomic E-state index is 0. The second kappa shape index (κ2) is 10.9. The van der Waals surface area contributed by atoms with Gasteiger partial charge in [-0.25, -0.2) is 13.4 Å². The first-order valence-electron chi connectivity index (χ1n) is 9.50. The van der Waals surface area contributed by atoms with Crippen molar-refractivity contribution >= 4 is 51.4 Å². The molecule has 8 heteroatoms. The van der Waals surface area contributed by atoms with Crippen molar-refractivity contribution < 1.29 is 8.42 Å². The summed E-state index contributed by atoms with van der Waals surface area (Å²) < 4.78 is 23.3. The van der Waals surface area contributed by atoms with Crippen LogP contribution < -0.4 is 10.6 Å². The predicted molar refractivity (Wildman–Crippen MR) is 123 cm³/mol. The molecule has 27 heavy (non-hydrogen) atoms. The number of hydrogen-bond acceptors (Lipinski definition) is 3. The standard InChI is InChI=1S/C19H28ClN3O2S.HI/c20-17-8-6-15(7-9-17)12-21-19(23-18-4-2-1-3-5-18)22-13-16-10-11-26(24,25)14-16;/h6-9,16,18H,1-5,10-14H2,(H2,21,22,23);1H. The topological polar surface area (TPSA) is 70.6 Å². The van der Waals surface area contributed by atoms with Crippen molar-refractivity contribution in [2.45, 2.75) is 51.1 Å². The molecule has 2 N–H and O–H groups in total. The van der Waals surface area contributed by atoms with Crippen LogP contribution in [0.5, 0.6) is 0 Å². The molecule has 1 unspecified atom stereocenters. The van der Waals surface area contributed by atoms with Gasteiger partial charge >= 0.3 is 0 Å². The predicted octanol–water partition coefficient (Wildman–Crippen LogP) is 3.76. The zero-order valence-corrected chi connectivity index (χ0v) is 19.4. The second-order valence-electron chi connectivity index (χ2n) is 7.42. The van der Waals surface area contributed by atoms with E-state index in [-0.39, 0.29) is 35.6 Å². The molecular weight excluding hydrogens is 497 g/mol. The Morgan fingerprint density at radius 3 is 2.44 bits per heavy atom. The Bertz CT molecular complexity index is 719. The molecule has 0 radical (unpaired) electrons. The number of aliphatic imine (C=N–C) groups is 1. The van der Waals surface area contributed by atoms with E-state index in [1.165, 1.54) is 32.1 Å². The van der Waals surface area contributed by atoms with E-state index in [4.69, 9.17) is 16.6 Å². The lowest BCUT2D eigenvalue weighted by atomic mass is 9.96. The summed E-state index contributed by atoms with van der Waals surface area (Å²) in [5.74, 6) is 1.56. The van der Waals surface area contributed by atoms with Crippen LogP contribution >= 0.6 is 35.6 Å². The zero-order valence-electron chi connectivity index (χ0n) is 15.5. The van der Waals surface area contributed by atoms with Gasteiger partial charge in [0.1, 0.15) is 0 Å². The summed E-state index contributed by atoms with van der Waals surface area (Å²) in [7, 11) is -2.84. The highest BCUT2D eigenvalue weighted by molar-refractivity contribution is 14.0. The Morgan fingerprint density at radius 2 is 1.81 bits per heavy atom. The van der Waals surface area contributed by atoms with Crippen molar-refractivity contribution in [1.29, 1.82) is 0 Å². The first kappa shape index (κ1) is 22.7. The van der Waals surface area contributed by atoms with E-state index in [2.05, 4.69) is 10.6 Å². The maximum Gasteiger partial charge on any atom is 0.191 e. The molecule has 152 valence electrons. The highest BCUT2D eigenvalue weighted by atomic mass is 127. The zero-order chi connectivity index (χ0) is 18.4. The summed E-state index contributed by atoms with van der Waals surface area (Å²) in [6.07, 6.45) is 6.89. The summed E-state index contributed by atoms with van der Waals surface area (Å²) in [6, 6.07) is 8.16. The van der Waals surface area contributed by atoms with E-state index in [9.17, 15) is 8.42 Å². The molecule has 1 aliphatic carbocycles. The maximum absolute atomic E-state index is 11.7. The van der Waals surface area contributed by atoms with Gasteiger partial charge in [0.05, 0.1) is 18.1 Å². The summed E-state index contributed by atoms with van der Waals surface area (Å²) in [6.45, 7) is 1.22. The lowest BCUT2D eigenvalue weighted by molar-refractivity contribution is 0.408. The largest absolute Gasteiger partial charge is 0.356 e. The van der Waals surface area contributed by atoms with Gasteiger partial charge in [-0.05, 0) is 42.9 Å². The van der Waals surface area contributed by atoms with Gasteiger partial charge in [-0.15, -0.1) is 24.0 Å². The molecule has 2 fully saturated rings. The van der Waals surface area contributed by atoms with Crippen molar-refractivity contribution in [3.05, 3.63) is 34.9 Å². The smallest absolute Gasteiger partial charge is 0.191 e. The first-order chi connectivity index (χ1) is 12.5. The third kappa shape index (κ3) is 7.77. The minimum atomic E-state index is -2.84. The van der Waals surface area contributed by atoms with Crippen LogP contribution in [0.3, 0.4) is 0 Å². The van der Waals surface area contributed by atoms with E-state index in [0.29, 0.717) is 24.9 Å². The highest BCUT2D eigenvalue weighted by Crippen LogP contribution is 2.19. The molecule has 0 bridgehead atoms. The van der Waals surface area contributed by atoms with E-state index in [1.54, 1.807) is 0 Å². The maximum atomic E-state index is 11.7. The van der Waals surface area contributed by atoms with Crippen molar-refractivity contribution in [2.24, 2.45) is 10.9 Å².